The number of hydrogen-bond acceptors (Lipinski definition) is 3. The van der Waals surface area contributed by atoms with Gasteiger partial charge in [0.1, 0.15) is 0 Å². The molecule has 0 heterocycles. The molecule has 142 valence electrons. The highest BCUT2D eigenvalue weighted by Gasteiger charge is 2.08. The molecule has 0 aliphatic carbocycles. The number of benzene rings is 1. The van der Waals surface area contributed by atoms with E-state index < -0.39 is 10.0 Å². The Labute approximate surface area is 152 Å². The van der Waals surface area contributed by atoms with Gasteiger partial charge in [-0.25, -0.2) is 13.6 Å². The van der Waals surface area contributed by atoms with Crippen molar-refractivity contribution in [1.29, 1.82) is 0 Å². The van der Waals surface area contributed by atoms with Crippen molar-refractivity contribution in [2.75, 3.05) is 13.6 Å². The van der Waals surface area contributed by atoms with Gasteiger partial charge in [-0.1, -0.05) is 51.7 Å². The van der Waals surface area contributed by atoms with Crippen molar-refractivity contribution >= 4 is 16.0 Å². The third-order valence-corrected chi connectivity index (χ3v) is 4.82. The number of nitrogens with two attached hydrogens (primary N) is 1. The van der Waals surface area contributed by atoms with E-state index in [1.165, 1.54) is 31.7 Å². The zero-order valence-electron chi connectivity index (χ0n) is 15.6. The fourth-order valence-electron chi connectivity index (χ4n) is 2.48. The molecule has 0 spiro atoms. The molecule has 1 aromatic carbocycles. The maximum absolute atomic E-state index is 11.4. The van der Waals surface area contributed by atoms with Crippen LogP contribution in [-0.4, -0.2) is 28.0 Å². The van der Waals surface area contributed by atoms with Crippen molar-refractivity contribution in [3.63, 3.8) is 0 Å². The Kier molecular flexibility index (Phi) is 9.52. The van der Waals surface area contributed by atoms with E-state index in [0.717, 1.165) is 24.4 Å². The van der Waals surface area contributed by atoms with Gasteiger partial charge in [0.05, 0.1) is 4.90 Å². The smallest absolute Gasteiger partial charge is 0.238 e. The summed E-state index contributed by atoms with van der Waals surface area (Å²) in [6.07, 6.45) is 6.19. The van der Waals surface area contributed by atoms with E-state index in [2.05, 4.69) is 29.5 Å². The van der Waals surface area contributed by atoms with Crippen LogP contribution in [0.5, 0.6) is 0 Å². The molecule has 0 fully saturated rings. The van der Waals surface area contributed by atoms with Crippen LogP contribution < -0.4 is 15.8 Å². The number of nitrogens with zero attached hydrogens (tertiary/aromatic N) is 1. The lowest BCUT2D eigenvalue weighted by Gasteiger charge is -2.12. The highest BCUT2D eigenvalue weighted by Crippen LogP contribution is 2.10. The summed E-state index contributed by atoms with van der Waals surface area (Å²) in [5.74, 6) is 1.50. The molecule has 0 aliphatic rings. The van der Waals surface area contributed by atoms with Crippen molar-refractivity contribution < 1.29 is 8.42 Å². The van der Waals surface area contributed by atoms with E-state index in [1.54, 1.807) is 19.2 Å². The van der Waals surface area contributed by atoms with Crippen molar-refractivity contribution in [3.8, 4) is 0 Å². The second-order valence-electron chi connectivity index (χ2n) is 6.64. The first kappa shape index (κ1) is 21.4. The molecule has 7 heteroatoms. The molecule has 0 aromatic heterocycles. The molecule has 0 radical (unpaired) electrons. The van der Waals surface area contributed by atoms with Gasteiger partial charge in [0.2, 0.25) is 10.0 Å². The van der Waals surface area contributed by atoms with E-state index in [9.17, 15) is 8.42 Å². The number of hydrogen-bond donors (Lipinski definition) is 3. The van der Waals surface area contributed by atoms with Crippen LogP contribution in [0.1, 0.15) is 51.5 Å². The molecular formula is C18H32N4O2S. The van der Waals surface area contributed by atoms with E-state index in [0.29, 0.717) is 12.5 Å². The van der Waals surface area contributed by atoms with Crippen molar-refractivity contribution in [3.05, 3.63) is 29.8 Å². The van der Waals surface area contributed by atoms with Gasteiger partial charge in [-0.05, 0) is 30.0 Å². The number of primary sulfonamides is 1. The third-order valence-electron chi connectivity index (χ3n) is 3.91. The second-order valence-corrected chi connectivity index (χ2v) is 8.20. The van der Waals surface area contributed by atoms with Gasteiger partial charge >= 0.3 is 0 Å². The van der Waals surface area contributed by atoms with Crippen LogP contribution in [0.3, 0.4) is 0 Å². The Morgan fingerprint density at radius 2 is 1.88 bits per heavy atom. The van der Waals surface area contributed by atoms with Crippen LogP contribution in [0.2, 0.25) is 0 Å². The summed E-state index contributed by atoms with van der Waals surface area (Å²) in [7, 11) is -1.95. The van der Waals surface area contributed by atoms with E-state index >= 15 is 0 Å². The van der Waals surface area contributed by atoms with Crippen molar-refractivity contribution in [2.24, 2.45) is 16.0 Å². The quantitative estimate of drug-likeness (QED) is 0.336. The van der Waals surface area contributed by atoms with Crippen molar-refractivity contribution in [2.45, 2.75) is 57.4 Å². The number of rotatable bonds is 10. The standard InChI is InChI=1S/C18H32N4O2S/c1-15(2)9-6-4-5-7-12-21-18(20-3)22-14-16-10-8-11-17(13-16)25(19,23)24/h8,10-11,13,15H,4-7,9,12,14H2,1-3H3,(H2,19,23,24)(H2,20,21,22). The zero-order chi connectivity index (χ0) is 18.7. The number of aliphatic imine (C=N–C) groups is 1. The zero-order valence-corrected chi connectivity index (χ0v) is 16.4. The summed E-state index contributed by atoms with van der Waals surface area (Å²) in [6, 6.07) is 6.60. The van der Waals surface area contributed by atoms with Gasteiger partial charge in [-0.15, -0.1) is 0 Å². The van der Waals surface area contributed by atoms with E-state index in [4.69, 9.17) is 5.14 Å². The predicted octanol–water partition coefficient (Wildman–Crippen LogP) is 2.61. The molecule has 0 amide bonds. The van der Waals surface area contributed by atoms with E-state index in [1.807, 2.05) is 6.07 Å². The minimum atomic E-state index is -3.67. The lowest BCUT2D eigenvalue weighted by atomic mass is 10.0. The topological polar surface area (TPSA) is 96.6 Å². The van der Waals surface area contributed by atoms with Crippen LogP contribution in [0.4, 0.5) is 0 Å². The van der Waals surface area contributed by atoms with Crippen LogP contribution in [-0.2, 0) is 16.6 Å². The molecule has 4 N–H and O–H groups in total. The van der Waals surface area contributed by atoms with Gasteiger partial charge in [-0.2, -0.15) is 0 Å². The van der Waals surface area contributed by atoms with Gasteiger partial charge < -0.3 is 10.6 Å². The summed E-state index contributed by atoms with van der Waals surface area (Å²) in [6.45, 7) is 5.88. The molecule has 1 aromatic rings. The summed E-state index contributed by atoms with van der Waals surface area (Å²) >= 11 is 0. The van der Waals surface area contributed by atoms with Gasteiger partial charge in [0.25, 0.3) is 0 Å². The number of sulfonamides is 1. The normalized spacial score (nSPS) is 12.4. The first-order valence-corrected chi connectivity index (χ1v) is 10.4. The molecule has 6 nitrogen and oxygen atoms in total. The number of nitrogens with one attached hydrogen (secondary N) is 2. The highest BCUT2D eigenvalue weighted by molar-refractivity contribution is 7.89. The molecule has 0 aliphatic heterocycles. The largest absolute Gasteiger partial charge is 0.356 e. The SMILES string of the molecule is CN=C(NCCCCCCC(C)C)NCc1cccc(S(N)(=O)=O)c1. The molecule has 0 atom stereocenters. The Balaban J connectivity index is 2.31. The Morgan fingerprint density at radius 1 is 1.16 bits per heavy atom. The van der Waals surface area contributed by atoms with Gasteiger partial charge in [-0.3, -0.25) is 4.99 Å². The Hall–Kier alpha value is -1.60. The average molecular weight is 369 g/mol. The third kappa shape index (κ3) is 9.45. The molecular weight excluding hydrogens is 336 g/mol. The van der Waals surface area contributed by atoms with Crippen LogP contribution >= 0.6 is 0 Å². The maximum Gasteiger partial charge on any atom is 0.238 e. The second kappa shape index (κ2) is 11.1. The molecule has 0 saturated heterocycles. The van der Waals surface area contributed by atoms with Crippen LogP contribution in [0, 0.1) is 5.92 Å². The summed E-state index contributed by atoms with van der Waals surface area (Å²) in [5, 5.41) is 11.6. The van der Waals surface area contributed by atoms with E-state index in [-0.39, 0.29) is 4.90 Å². The van der Waals surface area contributed by atoms with Crippen LogP contribution in [0.25, 0.3) is 0 Å². The fourth-order valence-corrected chi connectivity index (χ4v) is 3.06. The molecule has 0 saturated carbocycles. The predicted molar refractivity (Wildman–Crippen MR) is 104 cm³/mol. The Morgan fingerprint density at radius 3 is 2.52 bits per heavy atom. The molecule has 25 heavy (non-hydrogen) atoms. The highest BCUT2D eigenvalue weighted by atomic mass is 32.2. The summed E-state index contributed by atoms with van der Waals surface area (Å²) < 4.78 is 22.8. The van der Waals surface area contributed by atoms with Gasteiger partial charge in [0.15, 0.2) is 5.96 Å². The Bertz CT molecular complexity index is 642. The van der Waals surface area contributed by atoms with Crippen LogP contribution in [0.15, 0.2) is 34.2 Å². The minimum absolute atomic E-state index is 0.121. The monoisotopic (exact) mass is 368 g/mol. The first-order valence-electron chi connectivity index (χ1n) is 8.89. The fraction of sp³-hybridized carbons (Fsp3) is 0.611. The summed E-state index contributed by atoms with van der Waals surface area (Å²) in [5.41, 5.74) is 0.836. The first-order chi connectivity index (χ1) is 11.8. The molecule has 1 rings (SSSR count). The maximum atomic E-state index is 11.4. The lowest BCUT2D eigenvalue weighted by molar-refractivity contribution is 0.518. The number of guanidine groups is 1. The molecule has 0 unspecified atom stereocenters. The molecule has 0 bridgehead atoms. The van der Waals surface area contributed by atoms with Gasteiger partial charge in [0, 0.05) is 20.1 Å². The lowest BCUT2D eigenvalue weighted by Crippen LogP contribution is -2.37. The summed E-state index contributed by atoms with van der Waals surface area (Å²) in [4.78, 5) is 4.30. The van der Waals surface area contributed by atoms with Crippen molar-refractivity contribution in [1.82, 2.24) is 10.6 Å². The number of unbranched alkanes of at least 4 members (excludes halogenated alkanes) is 3. The average Bonchev–Trinajstić information content (AvgIpc) is 2.56. The minimum Gasteiger partial charge on any atom is -0.356 e.